The van der Waals surface area contributed by atoms with Crippen LogP contribution in [0, 0.1) is 0 Å². The van der Waals surface area contributed by atoms with Crippen molar-refractivity contribution in [2.75, 3.05) is 12.3 Å². The molecule has 2 aromatic heterocycles. The van der Waals surface area contributed by atoms with Crippen LogP contribution in [0.1, 0.15) is 6.23 Å². The number of ether oxygens (including phenoxy) is 1. The Morgan fingerprint density at radius 2 is 1.94 bits per heavy atom. The Bertz CT molecular complexity index is 1220. The van der Waals surface area contributed by atoms with Crippen LogP contribution in [0.3, 0.4) is 0 Å². The van der Waals surface area contributed by atoms with Crippen molar-refractivity contribution in [3.63, 3.8) is 0 Å². The summed E-state index contributed by atoms with van der Waals surface area (Å²) in [7, 11) is -6.27. The summed E-state index contributed by atoms with van der Waals surface area (Å²) in [5.41, 5.74) is 4.57. The molecule has 1 aliphatic rings. The third-order valence-electron chi connectivity index (χ3n) is 3.88. The summed E-state index contributed by atoms with van der Waals surface area (Å²) in [5, 5.41) is 20.5. The van der Waals surface area contributed by atoms with Crippen molar-refractivity contribution >= 4 is 49.0 Å². The average molecular weight is 539 g/mol. The zero-order valence-electron chi connectivity index (χ0n) is 15.3. The first-order valence-electron chi connectivity index (χ1n) is 8.11. The minimum absolute atomic E-state index is 0.0901. The minimum atomic E-state index is -5.50. The second-order valence-corrected chi connectivity index (χ2v) is 14.9. The number of rotatable bonds is 7. The summed E-state index contributed by atoms with van der Waals surface area (Å²) in [6, 6.07) is 0. The maximum atomic E-state index is 11.9. The number of aromatic nitrogens is 4. The molecule has 1 saturated heterocycles. The van der Waals surface area contributed by atoms with Gasteiger partial charge in [0.2, 0.25) is 5.95 Å². The summed E-state index contributed by atoms with van der Waals surface area (Å²) < 4.78 is 36.7. The molecule has 3 heterocycles. The highest BCUT2D eigenvalue weighted by molar-refractivity contribution is 8.55. The van der Waals surface area contributed by atoms with E-state index < -0.39 is 68.6 Å². The molecular weight excluding hydrogens is 523 g/mol. The van der Waals surface area contributed by atoms with Crippen LogP contribution < -0.4 is 16.2 Å². The standard InChI is InChI=1S/C10H16N5O13P3S/c11-10-13-7-4(8(18)14-10)12-2-15(7)9-6(17)5(16)3(27-9)1-26-30(22,23)32-31(24,25)28-29(19,20)21/h2-3,5-6,9,16-17H,1H2,(H7-,11,13,14,18,19,20,21,22,23,24,25)/t3-,5-,6-,9-/m1/s1. The molecule has 0 aromatic carbocycles. The number of phosphoric acid groups is 1. The Balaban J connectivity index is 1.78. The number of anilines is 1. The van der Waals surface area contributed by atoms with Crippen LogP contribution in [0.2, 0.25) is 0 Å². The Kier molecular flexibility index (Phi) is 7.09. The van der Waals surface area contributed by atoms with Crippen molar-refractivity contribution in [3.05, 3.63) is 16.7 Å². The third kappa shape index (κ3) is 5.85. The van der Waals surface area contributed by atoms with Crippen LogP contribution in [-0.4, -0.2) is 74.2 Å². The zero-order chi connectivity index (χ0) is 24.1. The molecule has 5 atom stereocenters. The molecule has 180 valence electrons. The van der Waals surface area contributed by atoms with Gasteiger partial charge >= 0.3 is 31.9 Å². The van der Waals surface area contributed by atoms with E-state index in [-0.39, 0.29) is 17.1 Å². The van der Waals surface area contributed by atoms with Crippen LogP contribution in [0.4, 0.5) is 5.95 Å². The Labute approximate surface area is 180 Å². The van der Waals surface area contributed by atoms with Gasteiger partial charge in [0.05, 0.1) is 12.9 Å². The maximum absolute atomic E-state index is 11.9. The molecule has 3 rings (SSSR count). The molecule has 2 aromatic rings. The fraction of sp³-hybridized carbons (Fsp3) is 0.500. The SMILES string of the molecule is Nc1nc2c(ncn2[C@@H]2O[C@H](COP(O)(O)=[S+]P(=O)([O-])OP(=O)(O)O)[C@@H](O)[C@H]2O)c(=O)[nH]1. The van der Waals surface area contributed by atoms with E-state index in [9.17, 15) is 38.8 Å². The van der Waals surface area contributed by atoms with Gasteiger partial charge in [-0.3, -0.25) is 28.7 Å². The average Bonchev–Trinajstić information content (AvgIpc) is 3.12. The van der Waals surface area contributed by atoms with Gasteiger partial charge in [-0.05, 0) is 0 Å². The lowest BCUT2D eigenvalue weighted by molar-refractivity contribution is -0.183. The summed E-state index contributed by atoms with van der Waals surface area (Å²) in [6.45, 7) is -11.3. The highest BCUT2D eigenvalue weighted by Crippen LogP contribution is 2.59. The highest BCUT2D eigenvalue weighted by Gasteiger charge is 2.46. The lowest BCUT2D eigenvalue weighted by Gasteiger charge is -2.16. The third-order valence-corrected chi connectivity index (χ3v) is 12.3. The Morgan fingerprint density at radius 3 is 2.56 bits per heavy atom. The molecular formula is C10H16N5O13P3S. The van der Waals surface area contributed by atoms with Gasteiger partial charge in [-0.25, -0.2) is 14.1 Å². The fourth-order valence-electron chi connectivity index (χ4n) is 2.70. The largest absolute Gasteiger partial charge is 0.728 e. The van der Waals surface area contributed by atoms with E-state index in [4.69, 9.17) is 20.3 Å². The van der Waals surface area contributed by atoms with Gasteiger partial charge in [0.25, 0.3) is 5.56 Å². The number of hydrogen-bond acceptors (Lipinski definition) is 12. The van der Waals surface area contributed by atoms with Crippen LogP contribution in [0.25, 0.3) is 11.2 Å². The predicted octanol–water partition coefficient (Wildman–Crippen LogP) is -3.34. The van der Waals surface area contributed by atoms with Crippen molar-refractivity contribution in [3.8, 4) is 0 Å². The molecule has 0 radical (unpaired) electrons. The highest BCUT2D eigenvalue weighted by atomic mass is 32.9. The van der Waals surface area contributed by atoms with Crippen LogP contribution >= 0.6 is 21.3 Å². The lowest BCUT2D eigenvalue weighted by Crippen LogP contribution is -2.33. The Hall–Kier alpha value is -1.14. The van der Waals surface area contributed by atoms with Crippen molar-refractivity contribution in [1.82, 2.24) is 19.5 Å². The molecule has 22 heteroatoms. The van der Waals surface area contributed by atoms with E-state index in [1.807, 2.05) is 0 Å². The first kappa shape index (κ1) is 25.5. The van der Waals surface area contributed by atoms with E-state index in [0.717, 1.165) is 10.9 Å². The second kappa shape index (κ2) is 8.90. The quantitative estimate of drug-likeness (QED) is 0.126. The van der Waals surface area contributed by atoms with Crippen LogP contribution in [-0.2, 0) is 33.3 Å². The molecule has 18 nitrogen and oxygen atoms in total. The lowest BCUT2D eigenvalue weighted by atomic mass is 10.1. The molecule has 1 aliphatic heterocycles. The first-order chi connectivity index (χ1) is 14.6. The van der Waals surface area contributed by atoms with Crippen molar-refractivity contribution < 1.29 is 57.4 Å². The van der Waals surface area contributed by atoms with Crippen molar-refractivity contribution in [1.29, 1.82) is 0 Å². The summed E-state index contributed by atoms with van der Waals surface area (Å²) >= 11 is 0. The topological polar surface area (TPSA) is 296 Å². The van der Waals surface area contributed by atoms with Gasteiger partial charge in [0.15, 0.2) is 17.4 Å². The monoisotopic (exact) mass is 539 g/mol. The molecule has 0 aliphatic carbocycles. The van der Waals surface area contributed by atoms with E-state index in [1.54, 1.807) is 0 Å². The molecule has 1 fully saturated rings. The van der Waals surface area contributed by atoms with Gasteiger partial charge in [0.1, 0.15) is 18.3 Å². The van der Waals surface area contributed by atoms with Crippen LogP contribution in [0.5, 0.6) is 0 Å². The summed E-state index contributed by atoms with van der Waals surface area (Å²) in [6.07, 6.45) is -5.08. The molecule has 0 spiro atoms. The molecule has 0 amide bonds. The van der Waals surface area contributed by atoms with E-state index in [1.165, 1.54) is 0 Å². The molecule has 0 saturated carbocycles. The van der Waals surface area contributed by atoms with Crippen molar-refractivity contribution in [2.24, 2.45) is 0 Å². The molecule has 9 N–H and O–H groups in total. The Morgan fingerprint density at radius 1 is 1.28 bits per heavy atom. The predicted molar refractivity (Wildman–Crippen MR) is 104 cm³/mol. The van der Waals surface area contributed by atoms with Gasteiger partial charge in [-0.1, -0.05) is 0 Å². The number of aromatic amines is 1. The zero-order valence-corrected chi connectivity index (χ0v) is 18.8. The van der Waals surface area contributed by atoms with E-state index >= 15 is 0 Å². The van der Waals surface area contributed by atoms with Gasteiger partial charge < -0.3 is 35.4 Å². The number of aliphatic hydroxyl groups excluding tert-OH is 2. The minimum Gasteiger partial charge on any atom is -0.728 e. The van der Waals surface area contributed by atoms with E-state index in [0.29, 0.717) is 0 Å². The van der Waals surface area contributed by atoms with Crippen LogP contribution in [0.15, 0.2) is 11.1 Å². The number of hydrogen-bond donors (Lipinski definition) is 8. The van der Waals surface area contributed by atoms with E-state index in [2.05, 4.69) is 23.8 Å². The number of H-pyrrole nitrogens is 1. The van der Waals surface area contributed by atoms with Gasteiger partial charge in [0, 0.05) is 0 Å². The first-order valence-corrected chi connectivity index (χ1v) is 14.8. The maximum Gasteiger partial charge on any atom is 0.524 e. The summed E-state index contributed by atoms with van der Waals surface area (Å²) in [4.78, 5) is 69.8. The van der Waals surface area contributed by atoms with Gasteiger partial charge in [-0.2, -0.15) is 9.29 Å². The molecule has 32 heavy (non-hydrogen) atoms. The summed E-state index contributed by atoms with van der Waals surface area (Å²) in [5.74, 6) is -0.260. The normalized spacial score (nSPS) is 26.3. The number of imidazole rings is 1. The number of nitrogens with one attached hydrogen (secondary N) is 1. The second-order valence-electron chi connectivity index (χ2n) is 6.21. The number of fused-ring (bicyclic) bond motifs is 1. The van der Waals surface area contributed by atoms with Gasteiger partial charge in [-0.15, -0.1) is 0 Å². The molecule has 0 bridgehead atoms. The number of nitrogen functional groups attached to an aromatic ring is 1. The fourth-order valence-corrected chi connectivity index (χ4v) is 10.2. The number of aliphatic hydroxyl groups is 2. The smallest absolute Gasteiger partial charge is 0.524 e. The van der Waals surface area contributed by atoms with Crippen molar-refractivity contribution in [2.45, 2.75) is 24.5 Å². The number of nitrogens with zero attached hydrogens (tertiary/aromatic N) is 3. The molecule has 1 unspecified atom stereocenters. The number of nitrogens with two attached hydrogens (primary N) is 1.